The molecule has 0 aliphatic carbocycles. The largest absolute Gasteiger partial charge is 0.540 e. The lowest BCUT2D eigenvalue weighted by molar-refractivity contribution is 0.0588. The first-order valence-electron chi connectivity index (χ1n) is 16.5. The summed E-state index contributed by atoms with van der Waals surface area (Å²) in [6.07, 6.45) is 6.45. The molecule has 14 heteroatoms. The van der Waals surface area contributed by atoms with Gasteiger partial charge in [0.15, 0.2) is 17.3 Å². The van der Waals surface area contributed by atoms with E-state index in [-0.39, 0.29) is 22.3 Å². The van der Waals surface area contributed by atoms with E-state index in [2.05, 4.69) is 60.7 Å². The smallest absolute Gasteiger partial charge is 0.415 e. The molecule has 2 aromatic heterocycles. The highest BCUT2D eigenvalue weighted by Crippen LogP contribution is 2.46. The minimum absolute atomic E-state index is 0.0520. The molecule has 0 saturated carbocycles. The Hall–Kier alpha value is -4.29. The fourth-order valence-electron chi connectivity index (χ4n) is 4.12. The van der Waals surface area contributed by atoms with Crippen LogP contribution in [0.5, 0.6) is 17.2 Å². The maximum Gasteiger partial charge on any atom is 0.415 e. The third-order valence-electron chi connectivity index (χ3n) is 7.90. The topological polar surface area (TPSA) is 130 Å². The van der Waals surface area contributed by atoms with Crippen molar-refractivity contribution in [3.8, 4) is 29.1 Å². The van der Waals surface area contributed by atoms with Crippen molar-refractivity contribution in [2.45, 2.75) is 90.4 Å². The second-order valence-corrected chi connectivity index (χ2v) is 21.7. The van der Waals surface area contributed by atoms with E-state index < -0.39 is 30.1 Å². The zero-order chi connectivity index (χ0) is 37.8. The van der Waals surface area contributed by atoms with Crippen LogP contribution in [-0.2, 0) is 19.0 Å². The van der Waals surface area contributed by atoms with E-state index in [0.717, 1.165) is 20.8 Å². The van der Waals surface area contributed by atoms with Crippen LogP contribution >= 0.6 is 11.3 Å². The van der Waals surface area contributed by atoms with Gasteiger partial charge in [-0.2, -0.15) is 8.42 Å². The number of nitrogens with zero attached hydrogens (tertiary/aromatic N) is 4. The molecule has 4 rings (SSSR count). The molecule has 0 aliphatic heterocycles. The van der Waals surface area contributed by atoms with Crippen molar-refractivity contribution in [3.05, 3.63) is 65.1 Å². The van der Waals surface area contributed by atoms with E-state index in [1.54, 1.807) is 52.1 Å². The molecule has 0 aliphatic rings. The van der Waals surface area contributed by atoms with Crippen LogP contribution in [0.15, 0.2) is 53.7 Å². The summed E-state index contributed by atoms with van der Waals surface area (Å²) in [7, 11) is -5.05. The Morgan fingerprint density at radius 3 is 2.39 bits per heavy atom. The number of aryl methyl sites for hydroxylation is 1. The van der Waals surface area contributed by atoms with Gasteiger partial charge in [-0.25, -0.2) is 19.7 Å². The Morgan fingerprint density at radius 2 is 1.76 bits per heavy atom. The quantitative estimate of drug-likeness (QED) is 0.0879. The first-order chi connectivity index (χ1) is 23.7. The summed E-state index contributed by atoms with van der Waals surface area (Å²) in [4.78, 5) is 26.8. The second kappa shape index (κ2) is 15.5. The number of allylic oxidation sites excluding steroid dienone is 1. The molecule has 0 bridgehead atoms. The van der Waals surface area contributed by atoms with Gasteiger partial charge in [0.1, 0.15) is 26.9 Å². The van der Waals surface area contributed by atoms with Crippen LogP contribution in [0, 0.1) is 18.8 Å². The number of thiazole rings is 1. The molecule has 51 heavy (non-hydrogen) atoms. The van der Waals surface area contributed by atoms with E-state index in [0.29, 0.717) is 29.4 Å². The SMILES string of the molecule is CCCOS(=O)(=O)c1ccc(C)c(Oc2ccc3nc(/C=C/C#Cc4cnc(N(C)C(=O)OC(C)(C)C)cn4)sc3c2)c1O[Si](C)(C)C(C)(C)C. The number of ether oxygens (including phenoxy) is 2. The summed E-state index contributed by atoms with van der Waals surface area (Å²) in [5.74, 6) is 7.22. The average molecular weight is 751 g/mol. The summed E-state index contributed by atoms with van der Waals surface area (Å²) < 4.78 is 51.3. The first-order valence-corrected chi connectivity index (χ1v) is 21.6. The standard InChI is InChI=1S/C37H46N4O7S2Si/c1-12-21-45-50(43,44)30-20-17-25(2)33(34(30)48-51(10,11)37(6,7)8)46-27-18-19-28-29(22-27)49-32(40-28)16-14-13-15-26-23-39-31(24-38-26)41(9)35(42)47-36(3,4)5/h14,16-20,22-24H,12,21H2,1-11H3/b16-14+. The van der Waals surface area contributed by atoms with Crippen LogP contribution in [0.3, 0.4) is 0 Å². The highest BCUT2D eigenvalue weighted by atomic mass is 32.2. The molecular formula is C37H46N4O7S2Si. The van der Waals surface area contributed by atoms with E-state index in [4.69, 9.17) is 18.1 Å². The van der Waals surface area contributed by atoms with Gasteiger partial charge in [0.25, 0.3) is 8.32 Å². The summed E-state index contributed by atoms with van der Waals surface area (Å²) in [6.45, 7) is 19.5. The molecule has 0 N–H and O–H groups in total. The lowest BCUT2D eigenvalue weighted by Gasteiger charge is -2.37. The zero-order valence-electron chi connectivity index (χ0n) is 31.1. The predicted octanol–water partition coefficient (Wildman–Crippen LogP) is 9.12. The molecule has 4 aromatic rings. The second-order valence-electron chi connectivity index (χ2n) is 14.4. The summed E-state index contributed by atoms with van der Waals surface area (Å²) in [6, 6.07) is 8.74. The van der Waals surface area contributed by atoms with Gasteiger partial charge in [0.2, 0.25) is 0 Å². The minimum Gasteiger partial charge on any atom is -0.540 e. The Bertz CT molecular complexity index is 2090. The molecular weight excluding hydrogens is 705 g/mol. The number of aromatic nitrogens is 3. The zero-order valence-corrected chi connectivity index (χ0v) is 33.7. The van der Waals surface area contributed by atoms with E-state index in [9.17, 15) is 13.2 Å². The van der Waals surface area contributed by atoms with Crippen LogP contribution < -0.4 is 14.1 Å². The van der Waals surface area contributed by atoms with Crippen LogP contribution in [0.25, 0.3) is 16.3 Å². The van der Waals surface area contributed by atoms with Gasteiger partial charge < -0.3 is 13.9 Å². The summed E-state index contributed by atoms with van der Waals surface area (Å²) >= 11 is 1.45. The van der Waals surface area contributed by atoms with Crippen molar-refractivity contribution >= 4 is 58.0 Å². The highest BCUT2D eigenvalue weighted by molar-refractivity contribution is 7.86. The molecule has 11 nitrogen and oxygen atoms in total. The average Bonchev–Trinajstić information content (AvgIpc) is 3.44. The molecule has 2 heterocycles. The lowest BCUT2D eigenvalue weighted by Crippen LogP contribution is -2.44. The molecule has 272 valence electrons. The van der Waals surface area contributed by atoms with Crippen LogP contribution in [0.2, 0.25) is 18.1 Å². The number of hydrogen-bond acceptors (Lipinski definition) is 11. The molecule has 0 unspecified atom stereocenters. The number of rotatable bonds is 10. The number of amides is 1. The molecule has 0 atom stereocenters. The number of carbonyl (C=O) groups excluding carboxylic acids is 1. The van der Waals surface area contributed by atoms with E-state index in [1.807, 2.05) is 26.0 Å². The number of benzene rings is 2. The Morgan fingerprint density at radius 1 is 1.04 bits per heavy atom. The molecule has 0 saturated heterocycles. The number of anilines is 1. The summed E-state index contributed by atoms with van der Waals surface area (Å²) in [5, 5.41) is 0.532. The third-order valence-corrected chi connectivity index (χ3v) is 14.6. The molecule has 0 radical (unpaired) electrons. The third kappa shape index (κ3) is 10.2. The van der Waals surface area contributed by atoms with Crippen molar-refractivity contribution in [3.63, 3.8) is 0 Å². The van der Waals surface area contributed by atoms with Gasteiger partial charge in [-0.15, -0.1) is 11.3 Å². The Kier molecular flexibility index (Phi) is 12.0. The Labute approximate surface area is 306 Å². The maximum absolute atomic E-state index is 13.3. The van der Waals surface area contributed by atoms with Crippen molar-refractivity contribution in [1.29, 1.82) is 0 Å². The molecule has 1 amide bonds. The maximum atomic E-state index is 13.3. The van der Waals surface area contributed by atoms with E-state index >= 15 is 0 Å². The van der Waals surface area contributed by atoms with Gasteiger partial charge in [0.05, 0.1) is 29.2 Å². The van der Waals surface area contributed by atoms with Gasteiger partial charge in [-0.3, -0.25) is 9.08 Å². The van der Waals surface area contributed by atoms with Crippen LogP contribution in [0.4, 0.5) is 10.6 Å². The van der Waals surface area contributed by atoms with Crippen molar-refractivity contribution in [2.24, 2.45) is 0 Å². The minimum atomic E-state index is -4.11. The molecule has 2 aromatic carbocycles. The fraction of sp³-hybridized carbons (Fsp3) is 0.405. The normalized spacial score (nSPS) is 12.5. The van der Waals surface area contributed by atoms with Crippen LogP contribution in [-0.4, -0.2) is 57.0 Å². The molecule has 0 spiro atoms. The van der Waals surface area contributed by atoms with Crippen molar-refractivity contribution in [2.75, 3.05) is 18.6 Å². The van der Waals surface area contributed by atoms with Gasteiger partial charge in [-0.05, 0) is 94.1 Å². The first kappa shape index (κ1) is 39.5. The number of carbonyl (C=O) groups is 1. The Balaban J connectivity index is 1.56. The number of hydrogen-bond donors (Lipinski definition) is 0. The lowest BCUT2D eigenvalue weighted by atomic mass is 10.2. The fourth-order valence-corrected chi connectivity index (χ4v) is 7.22. The summed E-state index contributed by atoms with van der Waals surface area (Å²) in [5.41, 5.74) is 1.31. The number of fused-ring (bicyclic) bond motifs is 1. The van der Waals surface area contributed by atoms with Gasteiger partial charge >= 0.3 is 16.2 Å². The monoisotopic (exact) mass is 750 g/mol. The van der Waals surface area contributed by atoms with Gasteiger partial charge in [0, 0.05) is 13.1 Å². The predicted molar refractivity (Wildman–Crippen MR) is 205 cm³/mol. The highest BCUT2D eigenvalue weighted by Gasteiger charge is 2.41. The molecule has 0 fully saturated rings. The van der Waals surface area contributed by atoms with E-state index in [1.165, 1.54) is 34.7 Å². The van der Waals surface area contributed by atoms with Crippen molar-refractivity contribution in [1.82, 2.24) is 15.0 Å². The van der Waals surface area contributed by atoms with Crippen LogP contribution in [0.1, 0.15) is 71.2 Å². The van der Waals surface area contributed by atoms with Crippen molar-refractivity contribution < 1.29 is 31.3 Å². The van der Waals surface area contributed by atoms with Gasteiger partial charge in [-0.1, -0.05) is 39.7 Å².